The third-order valence-corrected chi connectivity index (χ3v) is 5.05. The van der Waals surface area contributed by atoms with Crippen LogP contribution in [0.3, 0.4) is 0 Å². The Morgan fingerprint density at radius 2 is 1.76 bits per heavy atom. The van der Waals surface area contributed by atoms with Gasteiger partial charge in [0.05, 0.1) is 24.0 Å². The van der Waals surface area contributed by atoms with Gasteiger partial charge in [-0.05, 0) is 36.4 Å². The topological polar surface area (TPSA) is 123 Å². The van der Waals surface area contributed by atoms with Crippen molar-refractivity contribution in [2.24, 2.45) is 0 Å². The Bertz CT molecular complexity index is 1630. The number of hydrogen-bond donors (Lipinski definition) is 1. The van der Waals surface area contributed by atoms with Gasteiger partial charge in [0.15, 0.2) is 5.69 Å². The summed E-state index contributed by atoms with van der Waals surface area (Å²) in [6, 6.07) is 12.4. The second-order valence-electron chi connectivity index (χ2n) is 7.55. The van der Waals surface area contributed by atoms with Crippen LogP contribution in [0.2, 0.25) is 0 Å². The number of aromatic nitrogens is 4. The maximum atomic E-state index is 13.6. The Morgan fingerprint density at radius 1 is 1.05 bits per heavy atom. The maximum absolute atomic E-state index is 13.6. The Labute approximate surface area is 209 Å². The molecule has 194 valence electrons. The van der Waals surface area contributed by atoms with Gasteiger partial charge in [0.1, 0.15) is 23.4 Å². The molecular formula is C24H14F5N5O4. The Kier molecular flexibility index (Phi) is 7.19. The van der Waals surface area contributed by atoms with Gasteiger partial charge >= 0.3 is 12.8 Å². The number of halogens is 5. The molecule has 1 N–H and O–H groups in total. The highest BCUT2D eigenvalue weighted by atomic mass is 19.4. The first-order valence-corrected chi connectivity index (χ1v) is 10.5. The zero-order chi connectivity index (χ0) is 27.4. The van der Waals surface area contributed by atoms with Crippen molar-refractivity contribution in [1.29, 1.82) is 5.26 Å². The lowest BCUT2D eigenvalue weighted by molar-refractivity contribution is -0.142. The van der Waals surface area contributed by atoms with Crippen molar-refractivity contribution in [3.05, 3.63) is 98.6 Å². The lowest BCUT2D eigenvalue weighted by Crippen LogP contribution is -2.28. The molecule has 0 aliphatic carbocycles. The smallest absolute Gasteiger partial charge is 0.437 e. The van der Waals surface area contributed by atoms with E-state index in [4.69, 9.17) is 4.74 Å². The standard InChI is InChI=1S/C24H14F5N5O4/c25-23(26)37-16-7-5-13(6-8-16)20-31-10-15(21(35)33-20)11-34-12-32-19(24(27,28)29)18(22(34)36)38-17-4-2-1-3-14(17)9-30/h1-8,10,12,23H,11H2,(H,31,33,35). The van der Waals surface area contributed by atoms with E-state index in [0.717, 1.165) is 10.8 Å². The van der Waals surface area contributed by atoms with Crippen molar-refractivity contribution in [3.63, 3.8) is 0 Å². The number of H-pyrrole nitrogens is 1. The van der Waals surface area contributed by atoms with Crippen LogP contribution in [0.1, 0.15) is 16.8 Å². The molecule has 0 saturated heterocycles. The van der Waals surface area contributed by atoms with E-state index in [2.05, 4.69) is 19.7 Å². The van der Waals surface area contributed by atoms with Crippen LogP contribution in [0.5, 0.6) is 17.2 Å². The van der Waals surface area contributed by atoms with E-state index >= 15 is 0 Å². The predicted octanol–water partition coefficient (Wildman–Crippen LogP) is 4.33. The summed E-state index contributed by atoms with van der Waals surface area (Å²) in [7, 11) is 0. The quantitative estimate of drug-likeness (QED) is 0.352. The molecule has 9 nitrogen and oxygen atoms in total. The molecule has 2 heterocycles. The molecule has 14 heteroatoms. The molecule has 4 aromatic rings. The van der Waals surface area contributed by atoms with Crippen molar-refractivity contribution in [1.82, 2.24) is 19.5 Å². The summed E-state index contributed by atoms with van der Waals surface area (Å²) in [5.74, 6) is -1.49. The zero-order valence-corrected chi connectivity index (χ0v) is 18.9. The number of hydrogen-bond acceptors (Lipinski definition) is 7. The fourth-order valence-electron chi connectivity index (χ4n) is 3.29. The van der Waals surface area contributed by atoms with Gasteiger partial charge in [-0.25, -0.2) is 9.97 Å². The minimum atomic E-state index is -5.05. The first-order chi connectivity index (χ1) is 18.1. The molecule has 0 bridgehead atoms. The van der Waals surface area contributed by atoms with E-state index in [0.29, 0.717) is 11.9 Å². The lowest BCUT2D eigenvalue weighted by Gasteiger charge is -2.15. The highest BCUT2D eigenvalue weighted by molar-refractivity contribution is 5.56. The molecule has 0 aliphatic heterocycles. The van der Waals surface area contributed by atoms with Crippen LogP contribution in [0, 0.1) is 11.3 Å². The molecule has 0 radical (unpaired) electrons. The molecule has 38 heavy (non-hydrogen) atoms. The van der Waals surface area contributed by atoms with Gasteiger partial charge in [-0.15, -0.1) is 0 Å². The Morgan fingerprint density at radius 3 is 2.39 bits per heavy atom. The van der Waals surface area contributed by atoms with Crippen molar-refractivity contribution >= 4 is 0 Å². The summed E-state index contributed by atoms with van der Waals surface area (Å²) in [5.41, 5.74) is -3.42. The molecule has 0 atom stereocenters. The predicted molar refractivity (Wildman–Crippen MR) is 121 cm³/mol. The Balaban J connectivity index is 1.66. The highest BCUT2D eigenvalue weighted by Crippen LogP contribution is 2.35. The molecule has 4 rings (SSSR count). The number of aromatic amines is 1. The summed E-state index contributed by atoms with van der Waals surface area (Å²) >= 11 is 0. The molecule has 0 spiro atoms. The minimum Gasteiger partial charge on any atom is -0.448 e. The lowest BCUT2D eigenvalue weighted by atomic mass is 10.2. The van der Waals surface area contributed by atoms with Crippen molar-refractivity contribution in [2.45, 2.75) is 19.3 Å². The fourth-order valence-corrected chi connectivity index (χ4v) is 3.29. The number of nitrogens with one attached hydrogen (secondary N) is 1. The van der Waals surface area contributed by atoms with Crippen LogP contribution < -0.4 is 20.6 Å². The van der Waals surface area contributed by atoms with E-state index in [1.54, 1.807) is 6.07 Å². The van der Waals surface area contributed by atoms with Gasteiger partial charge in [-0.1, -0.05) is 12.1 Å². The van der Waals surface area contributed by atoms with Gasteiger partial charge in [0, 0.05) is 11.8 Å². The number of para-hydroxylation sites is 1. The molecule has 0 fully saturated rings. The van der Waals surface area contributed by atoms with Crippen molar-refractivity contribution in [2.75, 3.05) is 0 Å². The number of nitrogens with zero attached hydrogens (tertiary/aromatic N) is 4. The monoisotopic (exact) mass is 531 g/mol. The number of nitriles is 1. The van der Waals surface area contributed by atoms with E-state index in [1.165, 1.54) is 48.5 Å². The molecule has 0 amide bonds. The van der Waals surface area contributed by atoms with E-state index < -0.39 is 41.9 Å². The van der Waals surface area contributed by atoms with Crippen LogP contribution in [0.4, 0.5) is 22.0 Å². The van der Waals surface area contributed by atoms with Crippen molar-refractivity contribution < 1.29 is 31.4 Å². The van der Waals surface area contributed by atoms with Crippen LogP contribution in [0.25, 0.3) is 11.4 Å². The molecular weight excluding hydrogens is 517 g/mol. The van der Waals surface area contributed by atoms with Gasteiger partial charge in [0.2, 0.25) is 5.75 Å². The summed E-state index contributed by atoms with van der Waals surface area (Å²) in [6.07, 6.45) is -3.33. The second-order valence-corrected chi connectivity index (χ2v) is 7.55. The summed E-state index contributed by atoms with van der Waals surface area (Å²) < 4.78 is 75.5. The van der Waals surface area contributed by atoms with Crippen LogP contribution in [-0.2, 0) is 12.7 Å². The Hall–Kier alpha value is -5.06. The number of rotatable bonds is 7. The summed E-state index contributed by atoms with van der Waals surface area (Å²) in [5, 5.41) is 9.20. The SMILES string of the molecule is N#Cc1ccccc1Oc1c(C(F)(F)F)ncn(Cc2cnc(-c3ccc(OC(F)F)cc3)[nH]c2=O)c1=O. The highest BCUT2D eigenvalue weighted by Gasteiger charge is 2.39. The van der Waals surface area contributed by atoms with Crippen molar-refractivity contribution in [3.8, 4) is 34.7 Å². The molecule has 0 saturated carbocycles. The minimum absolute atomic E-state index is 0.0670. The molecule has 0 aliphatic rings. The van der Waals surface area contributed by atoms with E-state index in [9.17, 15) is 36.8 Å². The van der Waals surface area contributed by atoms with Crippen LogP contribution >= 0.6 is 0 Å². The average molecular weight is 531 g/mol. The number of ether oxygens (including phenoxy) is 2. The van der Waals surface area contributed by atoms with E-state index in [-0.39, 0.29) is 28.5 Å². The zero-order valence-electron chi connectivity index (χ0n) is 18.9. The van der Waals surface area contributed by atoms with Gasteiger partial charge in [-0.2, -0.15) is 27.2 Å². The van der Waals surface area contributed by atoms with Gasteiger partial charge in [0.25, 0.3) is 11.1 Å². The summed E-state index contributed by atoms with van der Waals surface area (Å²) in [4.78, 5) is 35.4. The van der Waals surface area contributed by atoms with Crippen LogP contribution in [-0.4, -0.2) is 26.1 Å². The molecule has 2 aromatic carbocycles. The average Bonchev–Trinajstić information content (AvgIpc) is 2.87. The second kappa shape index (κ2) is 10.5. The summed E-state index contributed by atoms with van der Waals surface area (Å²) in [6.45, 7) is -3.52. The molecule has 0 unspecified atom stereocenters. The number of benzene rings is 2. The maximum Gasteiger partial charge on any atom is 0.437 e. The van der Waals surface area contributed by atoms with Gasteiger partial charge < -0.3 is 14.5 Å². The fraction of sp³-hybridized carbons (Fsp3) is 0.125. The van der Waals surface area contributed by atoms with E-state index in [1.807, 2.05) is 0 Å². The number of alkyl halides is 5. The third-order valence-electron chi connectivity index (χ3n) is 5.05. The normalized spacial score (nSPS) is 11.3. The first-order valence-electron chi connectivity index (χ1n) is 10.5. The largest absolute Gasteiger partial charge is 0.448 e. The van der Waals surface area contributed by atoms with Crippen LogP contribution in [0.15, 0.2) is 70.6 Å². The van der Waals surface area contributed by atoms with Gasteiger partial charge in [-0.3, -0.25) is 14.2 Å². The molecule has 2 aromatic heterocycles. The first kappa shape index (κ1) is 26.0. The third kappa shape index (κ3) is 5.67.